The summed E-state index contributed by atoms with van der Waals surface area (Å²) in [5.74, 6) is -1.41. The summed E-state index contributed by atoms with van der Waals surface area (Å²) in [7, 11) is 1.53. The summed E-state index contributed by atoms with van der Waals surface area (Å²) in [6.07, 6.45) is 0. The van der Waals surface area contributed by atoms with E-state index in [4.69, 9.17) is 9.84 Å². The maximum atomic E-state index is 13.6. The van der Waals surface area contributed by atoms with E-state index in [1.807, 2.05) is 12.1 Å². The number of aromatic carboxylic acids is 1. The Morgan fingerprint density at radius 1 is 1.16 bits per heavy atom. The predicted molar refractivity (Wildman–Crippen MR) is 70.5 cm³/mol. The minimum Gasteiger partial charge on any atom is -0.496 e. The standard InChI is InChI=1S/C14H11FO3S/c1-18-10-6-2-3-7-11(10)19-12-8-4-5-9(15)13(12)14(16)17/h2-8H,1H3,(H,16,17). The van der Waals surface area contributed by atoms with Crippen LogP contribution in [0.2, 0.25) is 0 Å². The fraction of sp³-hybridized carbons (Fsp3) is 0.0714. The third-order valence-electron chi connectivity index (χ3n) is 2.48. The van der Waals surface area contributed by atoms with E-state index < -0.39 is 11.8 Å². The van der Waals surface area contributed by atoms with Crippen molar-refractivity contribution < 1.29 is 19.0 Å². The van der Waals surface area contributed by atoms with Gasteiger partial charge in [0.25, 0.3) is 0 Å². The van der Waals surface area contributed by atoms with Gasteiger partial charge in [-0.25, -0.2) is 9.18 Å². The zero-order valence-electron chi connectivity index (χ0n) is 10.1. The van der Waals surface area contributed by atoms with Gasteiger partial charge in [0, 0.05) is 4.90 Å². The molecule has 0 bridgehead atoms. The van der Waals surface area contributed by atoms with Gasteiger partial charge < -0.3 is 9.84 Å². The summed E-state index contributed by atoms with van der Waals surface area (Å²) in [6.45, 7) is 0. The maximum absolute atomic E-state index is 13.6. The molecule has 0 unspecified atom stereocenters. The van der Waals surface area contributed by atoms with Crippen molar-refractivity contribution in [2.24, 2.45) is 0 Å². The monoisotopic (exact) mass is 278 g/mol. The van der Waals surface area contributed by atoms with E-state index in [1.54, 1.807) is 18.2 Å². The van der Waals surface area contributed by atoms with Crippen molar-refractivity contribution >= 4 is 17.7 Å². The van der Waals surface area contributed by atoms with E-state index in [-0.39, 0.29) is 5.56 Å². The highest BCUT2D eigenvalue weighted by Gasteiger charge is 2.17. The van der Waals surface area contributed by atoms with Crippen molar-refractivity contribution in [3.05, 3.63) is 53.8 Å². The molecular weight excluding hydrogens is 267 g/mol. The van der Waals surface area contributed by atoms with Gasteiger partial charge in [-0.05, 0) is 24.3 Å². The second-order valence-corrected chi connectivity index (χ2v) is 4.75. The average molecular weight is 278 g/mol. The predicted octanol–water partition coefficient (Wildman–Crippen LogP) is 3.68. The Labute approximate surface area is 114 Å². The summed E-state index contributed by atoms with van der Waals surface area (Å²) < 4.78 is 18.7. The Balaban J connectivity index is 2.44. The summed E-state index contributed by atoms with van der Waals surface area (Å²) in [4.78, 5) is 12.2. The molecule has 2 aromatic carbocycles. The molecule has 0 heterocycles. The number of para-hydroxylation sites is 1. The van der Waals surface area contributed by atoms with Crippen LogP contribution >= 0.6 is 11.8 Å². The smallest absolute Gasteiger partial charge is 0.339 e. The van der Waals surface area contributed by atoms with Gasteiger partial charge in [-0.1, -0.05) is 30.0 Å². The highest BCUT2D eigenvalue weighted by Crippen LogP contribution is 2.36. The molecule has 0 aromatic heterocycles. The number of rotatable bonds is 4. The molecule has 0 spiro atoms. The Hall–Kier alpha value is -2.01. The number of hydrogen-bond acceptors (Lipinski definition) is 3. The maximum Gasteiger partial charge on any atom is 0.339 e. The van der Waals surface area contributed by atoms with Crippen molar-refractivity contribution in [3.63, 3.8) is 0 Å². The average Bonchev–Trinajstić information content (AvgIpc) is 2.39. The van der Waals surface area contributed by atoms with Gasteiger partial charge in [0.1, 0.15) is 17.1 Å². The Kier molecular flexibility index (Phi) is 4.06. The summed E-state index contributed by atoms with van der Waals surface area (Å²) in [5.41, 5.74) is -0.321. The van der Waals surface area contributed by atoms with Crippen molar-refractivity contribution in [2.45, 2.75) is 9.79 Å². The summed E-state index contributed by atoms with van der Waals surface area (Å²) >= 11 is 1.16. The highest BCUT2D eigenvalue weighted by molar-refractivity contribution is 7.99. The molecule has 1 N–H and O–H groups in total. The lowest BCUT2D eigenvalue weighted by molar-refractivity contribution is 0.0688. The van der Waals surface area contributed by atoms with Gasteiger partial charge in [0.15, 0.2) is 0 Å². The Morgan fingerprint density at radius 2 is 1.84 bits per heavy atom. The summed E-state index contributed by atoms with van der Waals surface area (Å²) in [6, 6.07) is 11.4. The number of ether oxygens (including phenoxy) is 1. The minimum absolute atomic E-state index is 0.321. The van der Waals surface area contributed by atoms with Crippen LogP contribution in [0.4, 0.5) is 4.39 Å². The molecular formula is C14H11FO3S. The molecule has 0 aliphatic rings. The van der Waals surface area contributed by atoms with Crippen molar-refractivity contribution in [1.82, 2.24) is 0 Å². The topological polar surface area (TPSA) is 46.5 Å². The van der Waals surface area contributed by atoms with Gasteiger partial charge in [-0.2, -0.15) is 0 Å². The Bertz CT molecular complexity index is 613. The lowest BCUT2D eigenvalue weighted by Gasteiger charge is -2.09. The third kappa shape index (κ3) is 2.88. The Morgan fingerprint density at radius 3 is 2.53 bits per heavy atom. The van der Waals surface area contributed by atoms with Crippen LogP contribution in [-0.2, 0) is 0 Å². The van der Waals surface area contributed by atoms with E-state index in [0.29, 0.717) is 10.6 Å². The van der Waals surface area contributed by atoms with Crippen molar-refractivity contribution in [1.29, 1.82) is 0 Å². The molecule has 0 aliphatic heterocycles. The minimum atomic E-state index is -1.28. The largest absolute Gasteiger partial charge is 0.496 e. The van der Waals surface area contributed by atoms with Crippen LogP contribution in [-0.4, -0.2) is 18.2 Å². The lowest BCUT2D eigenvalue weighted by Crippen LogP contribution is -2.02. The van der Waals surface area contributed by atoms with Crippen molar-refractivity contribution in [3.8, 4) is 5.75 Å². The fourth-order valence-corrected chi connectivity index (χ4v) is 2.69. The van der Waals surface area contributed by atoms with Crippen LogP contribution < -0.4 is 4.74 Å². The van der Waals surface area contributed by atoms with Crippen molar-refractivity contribution in [2.75, 3.05) is 7.11 Å². The molecule has 0 radical (unpaired) electrons. The number of hydrogen-bond donors (Lipinski definition) is 1. The van der Waals surface area contributed by atoms with Crippen LogP contribution in [0.25, 0.3) is 0 Å². The molecule has 98 valence electrons. The molecule has 3 nitrogen and oxygen atoms in total. The fourth-order valence-electron chi connectivity index (χ4n) is 1.62. The van der Waals surface area contributed by atoms with E-state index in [9.17, 15) is 9.18 Å². The van der Waals surface area contributed by atoms with E-state index in [2.05, 4.69) is 0 Å². The molecule has 2 rings (SSSR count). The number of halogens is 1. The first-order chi connectivity index (χ1) is 9.13. The normalized spacial score (nSPS) is 10.2. The molecule has 0 aliphatic carbocycles. The zero-order chi connectivity index (χ0) is 13.8. The van der Waals surface area contributed by atoms with E-state index >= 15 is 0 Å². The second-order valence-electron chi connectivity index (χ2n) is 3.67. The highest BCUT2D eigenvalue weighted by atomic mass is 32.2. The number of carboxylic acids is 1. The molecule has 0 atom stereocenters. The molecule has 5 heteroatoms. The molecule has 2 aromatic rings. The van der Waals surface area contributed by atoms with Gasteiger partial charge in [-0.3, -0.25) is 0 Å². The van der Waals surface area contributed by atoms with E-state index in [1.165, 1.54) is 13.2 Å². The van der Waals surface area contributed by atoms with Gasteiger partial charge in [0.05, 0.1) is 12.0 Å². The first-order valence-corrected chi connectivity index (χ1v) is 6.28. The van der Waals surface area contributed by atoms with Gasteiger partial charge >= 0.3 is 5.97 Å². The van der Waals surface area contributed by atoms with Crippen LogP contribution in [0.5, 0.6) is 5.75 Å². The lowest BCUT2D eigenvalue weighted by atomic mass is 10.2. The van der Waals surface area contributed by atoms with Crippen LogP contribution in [0.1, 0.15) is 10.4 Å². The zero-order valence-corrected chi connectivity index (χ0v) is 10.9. The second kappa shape index (κ2) is 5.75. The number of benzene rings is 2. The first kappa shape index (κ1) is 13.4. The van der Waals surface area contributed by atoms with Gasteiger partial charge in [0.2, 0.25) is 0 Å². The molecule has 0 saturated heterocycles. The quantitative estimate of drug-likeness (QED) is 0.926. The summed E-state index contributed by atoms with van der Waals surface area (Å²) in [5, 5.41) is 9.07. The molecule has 0 saturated carbocycles. The van der Waals surface area contributed by atoms with Gasteiger partial charge in [-0.15, -0.1) is 0 Å². The number of carboxylic acid groups (broad SMARTS) is 1. The molecule has 0 fully saturated rings. The molecule has 19 heavy (non-hydrogen) atoms. The van der Waals surface area contributed by atoms with Crippen LogP contribution in [0.15, 0.2) is 52.3 Å². The number of carbonyl (C=O) groups is 1. The van der Waals surface area contributed by atoms with Crippen LogP contribution in [0.3, 0.4) is 0 Å². The number of methoxy groups -OCH3 is 1. The third-order valence-corrected chi connectivity index (χ3v) is 3.60. The first-order valence-electron chi connectivity index (χ1n) is 5.46. The SMILES string of the molecule is COc1ccccc1Sc1cccc(F)c1C(=O)O. The molecule has 0 amide bonds. The van der Waals surface area contributed by atoms with Crippen LogP contribution in [0, 0.1) is 5.82 Å². The van der Waals surface area contributed by atoms with E-state index in [0.717, 1.165) is 22.7 Å².